The Hall–Kier alpha value is -0.350. The molecular formula is C9H18BrNO2. The number of hydrogen-bond acceptors (Lipinski definition) is 3. The van der Waals surface area contributed by atoms with E-state index in [1.807, 2.05) is 20.8 Å². The van der Waals surface area contributed by atoms with Crippen molar-refractivity contribution in [2.75, 3.05) is 0 Å². The van der Waals surface area contributed by atoms with Crippen LogP contribution in [0.1, 0.15) is 27.2 Å². The Balaban J connectivity index is 0. The van der Waals surface area contributed by atoms with E-state index in [1.165, 1.54) is 0 Å². The first-order chi connectivity index (χ1) is 5.35. The van der Waals surface area contributed by atoms with Gasteiger partial charge in [-0.25, -0.2) is 4.79 Å². The molecule has 0 aromatic rings. The Morgan fingerprint density at radius 1 is 1.69 bits per heavy atom. The molecule has 0 fully saturated rings. The molecule has 13 heavy (non-hydrogen) atoms. The standard InChI is InChI=1S/C9H17NO2.BrH/c1-5-8(11)12-7(2)6-9(3,4)10;/h5,7H,1,6,10H2,2-4H3;1H. The average Bonchev–Trinajstić information content (AvgIpc) is 1.82. The Labute approximate surface area is 90.1 Å². The number of rotatable bonds is 4. The van der Waals surface area contributed by atoms with E-state index in [-0.39, 0.29) is 28.6 Å². The van der Waals surface area contributed by atoms with Gasteiger partial charge >= 0.3 is 5.97 Å². The topological polar surface area (TPSA) is 52.3 Å². The highest BCUT2D eigenvalue weighted by Crippen LogP contribution is 2.10. The smallest absolute Gasteiger partial charge is 0.330 e. The quantitative estimate of drug-likeness (QED) is 0.613. The summed E-state index contributed by atoms with van der Waals surface area (Å²) in [5.41, 5.74) is 5.43. The van der Waals surface area contributed by atoms with Crippen LogP contribution in [0, 0.1) is 0 Å². The molecule has 0 aromatic carbocycles. The average molecular weight is 252 g/mol. The molecule has 0 rings (SSSR count). The van der Waals surface area contributed by atoms with E-state index in [1.54, 1.807) is 0 Å². The van der Waals surface area contributed by atoms with E-state index < -0.39 is 5.97 Å². The number of ether oxygens (including phenoxy) is 1. The first-order valence-electron chi connectivity index (χ1n) is 3.97. The number of nitrogens with two attached hydrogens (primary N) is 1. The Bertz CT molecular complexity index is 175. The van der Waals surface area contributed by atoms with Crippen LogP contribution in [0.4, 0.5) is 0 Å². The zero-order valence-electron chi connectivity index (χ0n) is 8.37. The molecule has 0 aliphatic heterocycles. The van der Waals surface area contributed by atoms with Gasteiger partial charge in [0.05, 0.1) is 0 Å². The van der Waals surface area contributed by atoms with E-state index in [2.05, 4.69) is 6.58 Å². The Morgan fingerprint density at radius 3 is 2.46 bits per heavy atom. The lowest BCUT2D eigenvalue weighted by Gasteiger charge is -2.22. The molecule has 0 aliphatic rings. The van der Waals surface area contributed by atoms with Crippen LogP contribution < -0.4 is 5.73 Å². The third-order valence-corrected chi connectivity index (χ3v) is 1.30. The van der Waals surface area contributed by atoms with Gasteiger partial charge in [-0.05, 0) is 20.8 Å². The van der Waals surface area contributed by atoms with Gasteiger partial charge in [0.15, 0.2) is 0 Å². The van der Waals surface area contributed by atoms with E-state index in [0.717, 1.165) is 6.08 Å². The van der Waals surface area contributed by atoms with Crippen LogP contribution >= 0.6 is 17.0 Å². The van der Waals surface area contributed by atoms with Gasteiger partial charge in [-0.2, -0.15) is 0 Å². The Morgan fingerprint density at radius 2 is 2.15 bits per heavy atom. The van der Waals surface area contributed by atoms with Gasteiger partial charge in [0.2, 0.25) is 0 Å². The zero-order chi connectivity index (χ0) is 9.78. The van der Waals surface area contributed by atoms with Crippen molar-refractivity contribution in [3.8, 4) is 0 Å². The summed E-state index contributed by atoms with van der Waals surface area (Å²) in [5, 5.41) is 0. The molecule has 0 aromatic heterocycles. The largest absolute Gasteiger partial charge is 0.459 e. The van der Waals surface area contributed by atoms with Gasteiger partial charge in [0, 0.05) is 18.0 Å². The molecule has 78 valence electrons. The van der Waals surface area contributed by atoms with Gasteiger partial charge in [-0.15, -0.1) is 17.0 Å². The lowest BCUT2D eigenvalue weighted by Crippen LogP contribution is -2.36. The first-order valence-corrected chi connectivity index (χ1v) is 3.97. The van der Waals surface area contributed by atoms with Crippen LogP contribution in [0.25, 0.3) is 0 Å². The maximum Gasteiger partial charge on any atom is 0.330 e. The van der Waals surface area contributed by atoms with E-state index in [0.29, 0.717) is 6.42 Å². The molecule has 0 heterocycles. The summed E-state index contributed by atoms with van der Waals surface area (Å²) < 4.78 is 4.94. The number of carbonyl (C=O) groups excluding carboxylic acids is 1. The highest BCUT2D eigenvalue weighted by Gasteiger charge is 2.17. The normalized spacial score (nSPS) is 12.6. The Kier molecular flexibility index (Phi) is 7.17. The van der Waals surface area contributed by atoms with Crippen LogP contribution in [0.15, 0.2) is 12.7 Å². The third-order valence-electron chi connectivity index (χ3n) is 1.30. The van der Waals surface area contributed by atoms with Crippen molar-refractivity contribution in [1.82, 2.24) is 0 Å². The molecular weight excluding hydrogens is 234 g/mol. The van der Waals surface area contributed by atoms with Gasteiger partial charge < -0.3 is 10.5 Å². The fraction of sp³-hybridized carbons (Fsp3) is 0.667. The molecule has 4 heteroatoms. The van der Waals surface area contributed by atoms with Gasteiger partial charge in [0.25, 0.3) is 0 Å². The second kappa shape index (κ2) is 6.16. The molecule has 0 amide bonds. The molecule has 1 atom stereocenters. The van der Waals surface area contributed by atoms with Gasteiger partial charge in [-0.3, -0.25) is 0 Å². The van der Waals surface area contributed by atoms with E-state index >= 15 is 0 Å². The monoisotopic (exact) mass is 251 g/mol. The van der Waals surface area contributed by atoms with Gasteiger partial charge in [-0.1, -0.05) is 6.58 Å². The van der Waals surface area contributed by atoms with Crippen molar-refractivity contribution in [1.29, 1.82) is 0 Å². The van der Waals surface area contributed by atoms with E-state index in [9.17, 15) is 4.79 Å². The number of hydrogen-bond donors (Lipinski definition) is 1. The van der Waals surface area contributed by atoms with Crippen LogP contribution in [0.2, 0.25) is 0 Å². The molecule has 0 saturated carbocycles. The fourth-order valence-corrected chi connectivity index (χ4v) is 1.03. The van der Waals surface area contributed by atoms with E-state index in [4.69, 9.17) is 10.5 Å². The summed E-state index contributed by atoms with van der Waals surface area (Å²) >= 11 is 0. The summed E-state index contributed by atoms with van der Waals surface area (Å²) in [6, 6.07) is 0. The second-order valence-corrected chi connectivity index (χ2v) is 3.64. The fourth-order valence-electron chi connectivity index (χ4n) is 1.03. The molecule has 1 unspecified atom stereocenters. The maximum atomic E-state index is 10.7. The van der Waals surface area contributed by atoms with Crippen LogP contribution in [0.5, 0.6) is 0 Å². The minimum absolute atomic E-state index is 0. The summed E-state index contributed by atoms with van der Waals surface area (Å²) in [6.07, 6.45) is 1.64. The summed E-state index contributed by atoms with van der Waals surface area (Å²) in [6.45, 7) is 8.91. The van der Waals surface area contributed by atoms with Crippen molar-refractivity contribution in [2.45, 2.75) is 38.8 Å². The minimum atomic E-state index is -0.397. The first kappa shape index (κ1) is 15.1. The van der Waals surface area contributed by atoms with Crippen molar-refractivity contribution in [3.05, 3.63) is 12.7 Å². The van der Waals surface area contributed by atoms with Gasteiger partial charge in [0.1, 0.15) is 6.10 Å². The number of carbonyl (C=O) groups is 1. The predicted molar refractivity (Wildman–Crippen MR) is 59.0 cm³/mol. The zero-order valence-corrected chi connectivity index (χ0v) is 10.1. The number of halogens is 1. The molecule has 0 aliphatic carbocycles. The van der Waals surface area contributed by atoms with Crippen molar-refractivity contribution in [3.63, 3.8) is 0 Å². The predicted octanol–water partition coefficient (Wildman–Crippen LogP) is 1.81. The minimum Gasteiger partial charge on any atom is -0.459 e. The van der Waals surface area contributed by atoms with Crippen LogP contribution in [-0.4, -0.2) is 17.6 Å². The highest BCUT2D eigenvalue weighted by molar-refractivity contribution is 8.93. The molecule has 3 nitrogen and oxygen atoms in total. The van der Waals surface area contributed by atoms with Crippen LogP contribution in [0.3, 0.4) is 0 Å². The lowest BCUT2D eigenvalue weighted by molar-refractivity contribution is -0.142. The molecule has 0 radical (unpaired) electrons. The summed E-state index contributed by atoms with van der Waals surface area (Å²) in [4.78, 5) is 10.7. The van der Waals surface area contributed by atoms with Crippen molar-refractivity contribution >= 4 is 23.0 Å². The van der Waals surface area contributed by atoms with Crippen molar-refractivity contribution < 1.29 is 9.53 Å². The number of esters is 1. The SMILES string of the molecule is Br.C=CC(=O)OC(C)CC(C)(C)N. The maximum absolute atomic E-state index is 10.7. The molecule has 2 N–H and O–H groups in total. The molecule has 0 spiro atoms. The third kappa shape index (κ3) is 9.56. The highest BCUT2D eigenvalue weighted by atomic mass is 79.9. The second-order valence-electron chi connectivity index (χ2n) is 3.64. The lowest BCUT2D eigenvalue weighted by atomic mass is 9.99. The summed E-state index contributed by atoms with van der Waals surface area (Å²) in [7, 11) is 0. The summed E-state index contributed by atoms with van der Waals surface area (Å²) in [5.74, 6) is -0.397. The molecule has 0 bridgehead atoms. The van der Waals surface area contributed by atoms with Crippen LogP contribution in [-0.2, 0) is 9.53 Å². The van der Waals surface area contributed by atoms with Crippen molar-refractivity contribution in [2.24, 2.45) is 5.73 Å². The molecule has 0 saturated heterocycles.